The van der Waals surface area contributed by atoms with Gasteiger partial charge in [0.15, 0.2) is 5.82 Å². The topological polar surface area (TPSA) is 83.6 Å². The first kappa shape index (κ1) is 22.1. The molecule has 1 aliphatic heterocycles. The summed E-state index contributed by atoms with van der Waals surface area (Å²) in [6.07, 6.45) is 5.17. The van der Waals surface area contributed by atoms with Crippen molar-refractivity contribution in [2.24, 2.45) is 0 Å². The predicted molar refractivity (Wildman–Crippen MR) is 125 cm³/mol. The third-order valence-electron chi connectivity index (χ3n) is 6.04. The molecule has 2 aromatic heterocycles. The molecule has 1 aliphatic rings. The number of hydrogen-bond acceptors (Lipinski definition) is 6. The van der Waals surface area contributed by atoms with Gasteiger partial charge in [-0.05, 0) is 57.6 Å². The van der Waals surface area contributed by atoms with Crippen molar-refractivity contribution in [2.45, 2.75) is 38.3 Å². The smallest absolute Gasteiger partial charge is 0.294 e. The molecule has 1 atom stereocenters. The Balaban J connectivity index is 1.49. The third kappa shape index (κ3) is 4.85. The lowest BCUT2D eigenvalue weighted by Gasteiger charge is -2.28. The fourth-order valence-corrected chi connectivity index (χ4v) is 4.24. The van der Waals surface area contributed by atoms with Gasteiger partial charge in [0.25, 0.3) is 5.56 Å². The normalized spacial score (nSPS) is 15.3. The van der Waals surface area contributed by atoms with Crippen LogP contribution in [-0.4, -0.2) is 54.1 Å². The standard InChI is InChI=1S/C24H31N5O3/c1-27(2)20(21-11-8-16-32-21)17-25-22(30)12-15-29-19-10-5-4-9-18(19)26-23(24(29)31)28-13-6-3-7-14-28/h4-5,8-11,16,20H,3,6-7,12-15,17H2,1-2H3,(H,25,30). The average Bonchev–Trinajstić information content (AvgIpc) is 3.33. The summed E-state index contributed by atoms with van der Waals surface area (Å²) in [7, 11) is 3.90. The number of furan rings is 1. The number of hydrogen-bond donors (Lipinski definition) is 1. The highest BCUT2D eigenvalue weighted by Gasteiger charge is 2.20. The van der Waals surface area contributed by atoms with E-state index in [4.69, 9.17) is 4.42 Å². The second-order valence-corrected chi connectivity index (χ2v) is 8.48. The van der Waals surface area contributed by atoms with E-state index in [2.05, 4.69) is 15.2 Å². The molecule has 0 saturated carbocycles. The molecular weight excluding hydrogens is 406 g/mol. The van der Waals surface area contributed by atoms with Crippen molar-refractivity contribution in [3.8, 4) is 0 Å². The summed E-state index contributed by atoms with van der Waals surface area (Å²) in [6, 6.07) is 11.3. The highest BCUT2D eigenvalue weighted by atomic mass is 16.3. The number of likely N-dealkylation sites (N-methyl/N-ethyl adjacent to an activating group) is 1. The van der Waals surface area contributed by atoms with Crippen molar-refractivity contribution in [1.29, 1.82) is 0 Å². The fourth-order valence-electron chi connectivity index (χ4n) is 4.24. The van der Waals surface area contributed by atoms with Crippen LogP contribution < -0.4 is 15.8 Å². The zero-order valence-electron chi connectivity index (χ0n) is 18.8. The van der Waals surface area contributed by atoms with Crippen molar-refractivity contribution in [1.82, 2.24) is 19.8 Å². The molecule has 4 rings (SSSR count). The second-order valence-electron chi connectivity index (χ2n) is 8.48. The van der Waals surface area contributed by atoms with Crippen LogP contribution in [0.1, 0.15) is 37.5 Å². The van der Waals surface area contributed by atoms with Gasteiger partial charge in [0, 0.05) is 32.6 Å². The van der Waals surface area contributed by atoms with E-state index in [9.17, 15) is 9.59 Å². The molecule has 0 bridgehead atoms. The van der Waals surface area contributed by atoms with Crippen molar-refractivity contribution >= 4 is 22.8 Å². The summed E-state index contributed by atoms with van der Waals surface area (Å²) in [5.41, 5.74) is 1.41. The zero-order valence-corrected chi connectivity index (χ0v) is 18.8. The monoisotopic (exact) mass is 437 g/mol. The summed E-state index contributed by atoms with van der Waals surface area (Å²) in [6.45, 7) is 2.44. The Morgan fingerprint density at radius 2 is 1.94 bits per heavy atom. The van der Waals surface area contributed by atoms with Crippen LogP contribution in [0.3, 0.4) is 0 Å². The van der Waals surface area contributed by atoms with Gasteiger partial charge in [0.2, 0.25) is 5.91 Å². The molecule has 1 amide bonds. The van der Waals surface area contributed by atoms with Gasteiger partial charge in [-0.15, -0.1) is 0 Å². The number of nitrogens with one attached hydrogen (secondary N) is 1. The maximum Gasteiger partial charge on any atom is 0.294 e. The van der Waals surface area contributed by atoms with Gasteiger partial charge in [-0.2, -0.15) is 0 Å². The Kier molecular flexibility index (Phi) is 6.90. The highest BCUT2D eigenvalue weighted by molar-refractivity contribution is 5.78. The Hall–Kier alpha value is -3.13. The van der Waals surface area contributed by atoms with E-state index in [-0.39, 0.29) is 23.9 Å². The van der Waals surface area contributed by atoms with E-state index in [1.807, 2.05) is 55.4 Å². The molecule has 8 heteroatoms. The van der Waals surface area contributed by atoms with Crippen LogP contribution in [0, 0.1) is 0 Å². The number of aromatic nitrogens is 2. The molecule has 1 fully saturated rings. The Morgan fingerprint density at radius 1 is 1.16 bits per heavy atom. The number of para-hydroxylation sites is 2. The zero-order chi connectivity index (χ0) is 22.5. The number of benzene rings is 1. The van der Waals surface area contributed by atoms with Crippen LogP contribution in [0.15, 0.2) is 51.9 Å². The molecule has 32 heavy (non-hydrogen) atoms. The lowest BCUT2D eigenvalue weighted by molar-refractivity contribution is -0.121. The van der Waals surface area contributed by atoms with Crippen LogP contribution >= 0.6 is 0 Å². The fraction of sp³-hybridized carbons (Fsp3) is 0.458. The third-order valence-corrected chi connectivity index (χ3v) is 6.04. The largest absolute Gasteiger partial charge is 0.468 e. The summed E-state index contributed by atoms with van der Waals surface area (Å²) >= 11 is 0. The minimum Gasteiger partial charge on any atom is -0.468 e. The van der Waals surface area contributed by atoms with Gasteiger partial charge in [0.1, 0.15) is 5.76 Å². The van der Waals surface area contributed by atoms with E-state index in [0.29, 0.717) is 18.9 Å². The van der Waals surface area contributed by atoms with Crippen molar-refractivity contribution < 1.29 is 9.21 Å². The molecule has 8 nitrogen and oxygen atoms in total. The van der Waals surface area contributed by atoms with Gasteiger partial charge >= 0.3 is 0 Å². The van der Waals surface area contributed by atoms with Gasteiger partial charge in [-0.25, -0.2) is 4.98 Å². The highest BCUT2D eigenvalue weighted by Crippen LogP contribution is 2.19. The number of anilines is 1. The molecule has 0 spiro atoms. The number of aryl methyl sites for hydroxylation is 1. The first-order valence-corrected chi connectivity index (χ1v) is 11.3. The molecule has 0 radical (unpaired) electrons. The second kappa shape index (κ2) is 9.99. The van der Waals surface area contributed by atoms with Crippen molar-refractivity contribution in [3.63, 3.8) is 0 Å². The van der Waals surface area contributed by atoms with Crippen LogP contribution in [0.4, 0.5) is 5.82 Å². The minimum absolute atomic E-state index is 0.0517. The number of rotatable bonds is 8. The molecule has 3 aromatic rings. The quantitative estimate of drug-likeness (QED) is 0.584. The van der Waals surface area contributed by atoms with E-state index in [0.717, 1.165) is 42.7 Å². The van der Waals surface area contributed by atoms with Crippen molar-refractivity contribution in [3.05, 3.63) is 58.8 Å². The maximum atomic E-state index is 13.3. The minimum atomic E-state index is -0.125. The van der Waals surface area contributed by atoms with Gasteiger partial charge in [0.05, 0.1) is 23.3 Å². The SMILES string of the molecule is CN(C)C(CNC(=O)CCn1c(=O)c(N2CCCCC2)nc2ccccc21)c1ccco1. The number of carbonyl (C=O) groups excluding carboxylic acids is 1. The number of fused-ring (bicyclic) bond motifs is 1. The predicted octanol–water partition coefficient (Wildman–Crippen LogP) is 2.79. The van der Waals surface area contributed by atoms with Gasteiger partial charge in [-0.1, -0.05) is 12.1 Å². The molecule has 170 valence electrons. The molecule has 3 heterocycles. The molecular formula is C24H31N5O3. The summed E-state index contributed by atoms with van der Waals surface area (Å²) in [5.74, 6) is 1.20. The molecule has 0 aliphatic carbocycles. The van der Waals surface area contributed by atoms with Crippen LogP contribution in [0.5, 0.6) is 0 Å². The number of nitrogens with zero attached hydrogens (tertiary/aromatic N) is 4. The number of carbonyl (C=O) groups is 1. The number of amides is 1. The Bertz CT molecular complexity index is 1100. The summed E-state index contributed by atoms with van der Waals surface area (Å²) < 4.78 is 7.20. The molecule has 1 unspecified atom stereocenters. The van der Waals surface area contributed by atoms with Crippen LogP contribution in [0.25, 0.3) is 11.0 Å². The van der Waals surface area contributed by atoms with Crippen LogP contribution in [0.2, 0.25) is 0 Å². The van der Waals surface area contributed by atoms with E-state index >= 15 is 0 Å². The summed E-state index contributed by atoms with van der Waals surface area (Å²) in [4.78, 5) is 34.7. The maximum absolute atomic E-state index is 13.3. The van der Waals surface area contributed by atoms with Crippen molar-refractivity contribution in [2.75, 3.05) is 38.6 Å². The lowest BCUT2D eigenvalue weighted by Crippen LogP contribution is -2.38. The van der Waals surface area contributed by atoms with E-state index in [1.165, 1.54) is 6.42 Å². The number of piperidine rings is 1. The first-order valence-electron chi connectivity index (χ1n) is 11.3. The van der Waals surface area contributed by atoms with Crippen LogP contribution in [-0.2, 0) is 11.3 Å². The average molecular weight is 438 g/mol. The lowest BCUT2D eigenvalue weighted by atomic mass is 10.1. The Labute approximate surface area is 187 Å². The van der Waals surface area contributed by atoms with E-state index in [1.54, 1.807) is 10.8 Å². The van der Waals surface area contributed by atoms with Gasteiger partial charge < -0.3 is 19.2 Å². The van der Waals surface area contributed by atoms with Gasteiger partial charge in [-0.3, -0.25) is 14.5 Å². The molecule has 1 aromatic carbocycles. The first-order chi connectivity index (χ1) is 15.5. The summed E-state index contributed by atoms with van der Waals surface area (Å²) in [5, 5.41) is 2.99. The Morgan fingerprint density at radius 3 is 2.66 bits per heavy atom. The van der Waals surface area contributed by atoms with E-state index < -0.39 is 0 Å². The molecule has 1 saturated heterocycles. The molecule has 1 N–H and O–H groups in total.